The Hall–Kier alpha value is -1.56. The molecule has 0 amide bonds. The number of aliphatic hydroxyl groups is 1. The average molecular weight is 335 g/mol. The molecule has 0 saturated carbocycles. The van der Waals surface area contributed by atoms with Crippen molar-refractivity contribution >= 4 is 11.8 Å². The van der Waals surface area contributed by atoms with E-state index in [0.29, 0.717) is 11.4 Å². The van der Waals surface area contributed by atoms with Gasteiger partial charge < -0.3 is 15.2 Å². The zero-order valence-corrected chi connectivity index (χ0v) is 14.2. The summed E-state index contributed by atoms with van der Waals surface area (Å²) in [6, 6.07) is 13.1. The van der Waals surface area contributed by atoms with Crippen LogP contribution in [0.4, 0.5) is 4.39 Å². The molecule has 2 N–H and O–H groups in total. The van der Waals surface area contributed by atoms with Gasteiger partial charge in [-0.2, -0.15) is 0 Å². The largest absolute Gasteiger partial charge is 0.491 e. The highest BCUT2D eigenvalue weighted by molar-refractivity contribution is 7.98. The zero-order chi connectivity index (χ0) is 16.7. The molecular formula is C18H22FNO2S. The summed E-state index contributed by atoms with van der Waals surface area (Å²) in [5.41, 5.74) is 1.92. The SMILES string of the molecule is CSc1ccc(C(C)NCc2ccccc2OCCO)cc1F. The minimum Gasteiger partial charge on any atom is -0.491 e. The third-order valence-electron chi connectivity index (χ3n) is 3.60. The second-order valence-corrected chi connectivity index (χ2v) is 6.02. The van der Waals surface area contributed by atoms with Gasteiger partial charge in [0.15, 0.2) is 0 Å². The molecule has 3 nitrogen and oxygen atoms in total. The van der Waals surface area contributed by atoms with Gasteiger partial charge in [0, 0.05) is 23.0 Å². The van der Waals surface area contributed by atoms with Crippen molar-refractivity contribution in [2.24, 2.45) is 0 Å². The van der Waals surface area contributed by atoms with E-state index in [1.54, 1.807) is 6.07 Å². The van der Waals surface area contributed by atoms with Crippen LogP contribution in [-0.4, -0.2) is 24.6 Å². The Kier molecular flexibility index (Phi) is 6.89. The lowest BCUT2D eigenvalue weighted by atomic mass is 10.1. The van der Waals surface area contributed by atoms with E-state index in [-0.39, 0.29) is 25.1 Å². The van der Waals surface area contributed by atoms with Crippen molar-refractivity contribution in [3.63, 3.8) is 0 Å². The second kappa shape index (κ2) is 8.91. The van der Waals surface area contributed by atoms with Gasteiger partial charge in [-0.05, 0) is 36.9 Å². The van der Waals surface area contributed by atoms with Crippen LogP contribution in [0.25, 0.3) is 0 Å². The summed E-state index contributed by atoms with van der Waals surface area (Å²) in [6.45, 7) is 2.87. The number of ether oxygens (including phenoxy) is 1. The number of halogens is 1. The monoisotopic (exact) mass is 335 g/mol. The maximum atomic E-state index is 13.9. The minimum absolute atomic E-state index is 0.0147. The molecule has 0 aromatic heterocycles. The number of nitrogens with one attached hydrogen (secondary N) is 1. The molecule has 2 aromatic rings. The Bertz CT molecular complexity index is 636. The van der Waals surface area contributed by atoms with Gasteiger partial charge in [0.1, 0.15) is 18.2 Å². The van der Waals surface area contributed by atoms with E-state index in [1.165, 1.54) is 11.8 Å². The summed E-state index contributed by atoms with van der Waals surface area (Å²) in [5.74, 6) is 0.570. The van der Waals surface area contributed by atoms with Gasteiger partial charge in [0.2, 0.25) is 0 Å². The molecule has 0 aliphatic heterocycles. The molecular weight excluding hydrogens is 313 g/mol. The number of para-hydroxylation sites is 1. The standard InChI is InChI=1S/C18H22FNO2S/c1-13(14-7-8-18(23-2)16(19)11-14)20-12-15-5-3-4-6-17(15)22-10-9-21/h3-8,11,13,20-21H,9-10,12H2,1-2H3. The molecule has 0 aliphatic rings. The van der Waals surface area contributed by atoms with E-state index < -0.39 is 0 Å². The first-order valence-electron chi connectivity index (χ1n) is 7.54. The van der Waals surface area contributed by atoms with Crippen LogP contribution < -0.4 is 10.1 Å². The number of aliphatic hydroxyl groups excluding tert-OH is 1. The molecule has 0 bridgehead atoms. The molecule has 5 heteroatoms. The molecule has 2 rings (SSSR count). The van der Waals surface area contributed by atoms with E-state index in [0.717, 1.165) is 16.9 Å². The van der Waals surface area contributed by atoms with E-state index in [1.807, 2.05) is 49.6 Å². The van der Waals surface area contributed by atoms with Crippen LogP contribution in [0.3, 0.4) is 0 Å². The normalized spacial score (nSPS) is 12.2. The van der Waals surface area contributed by atoms with Crippen LogP contribution in [0.1, 0.15) is 24.1 Å². The van der Waals surface area contributed by atoms with Crippen LogP contribution in [0.2, 0.25) is 0 Å². The molecule has 0 heterocycles. The van der Waals surface area contributed by atoms with Crippen molar-refractivity contribution in [1.82, 2.24) is 5.32 Å². The van der Waals surface area contributed by atoms with Crippen molar-refractivity contribution in [2.45, 2.75) is 24.4 Å². The van der Waals surface area contributed by atoms with Crippen molar-refractivity contribution in [2.75, 3.05) is 19.5 Å². The predicted molar refractivity (Wildman–Crippen MR) is 92.5 cm³/mol. The number of thioether (sulfide) groups is 1. The van der Waals surface area contributed by atoms with Crippen molar-refractivity contribution in [3.8, 4) is 5.75 Å². The highest BCUT2D eigenvalue weighted by Gasteiger charge is 2.10. The Morgan fingerprint density at radius 1 is 1.26 bits per heavy atom. The molecule has 0 fully saturated rings. The quantitative estimate of drug-likeness (QED) is 0.721. The number of hydrogen-bond acceptors (Lipinski definition) is 4. The topological polar surface area (TPSA) is 41.5 Å². The fraction of sp³-hybridized carbons (Fsp3) is 0.333. The molecule has 0 radical (unpaired) electrons. The van der Waals surface area contributed by atoms with E-state index in [2.05, 4.69) is 5.32 Å². The van der Waals surface area contributed by atoms with Gasteiger partial charge >= 0.3 is 0 Å². The van der Waals surface area contributed by atoms with E-state index in [9.17, 15) is 4.39 Å². The van der Waals surface area contributed by atoms with Crippen LogP contribution in [0.15, 0.2) is 47.4 Å². The predicted octanol–water partition coefficient (Wildman–Crippen LogP) is 3.77. The molecule has 2 aromatic carbocycles. The van der Waals surface area contributed by atoms with Crippen molar-refractivity contribution in [3.05, 3.63) is 59.4 Å². The lowest BCUT2D eigenvalue weighted by Gasteiger charge is -2.17. The minimum atomic E-state index is -0.185. The maximum absolute atomic E-state index is 13.9. The van der Waals surface area contributed by atoms with Crippen LogP contribution in [0.5, 0.6) is 5.75 Å². The first kappa shape index (κ1) is 17.8. The zero-order valence-electron chi connectivity index (χ0n) is 13.4. The lowest BCUT2D eigenvalue weighted by Crippen LogP contribution is -2.19. The molecule has 124 valence electrons. The molecule has 1 unspecified atom stereocenters. The molecule has 23 heavy (non-hydrogen) atoms. The van der Waals surface area contributed by atoms with Gasteiger partial charge in [-0.15, -0.1) is 11.8 Å². The molecule has 0 aliphatic carbocycles. The molecule has 1 atom stereocenters. The Morgan fingerprint density at radius 2 is 2.04 bits per heavy atom. The Labute approximate surface area is 140 Å². The number of hydrogen-bond donors (Lipinski definition) is 2. The fourth-order valence-corrected chi connectivity index (χ4v) is 2.74. The lowest BCUT2D eigenvalue weighted by molar-refractivity contribution is 0.200. The molecule has 0 spiro atoms. The Morgan fingerprint density at radius 3 is 2.74 bits per heavy atom. The van der Waals surface area contributed by atoms with Gasteiger partial charge in [-0.3, -0.25) is 0 Å². The smallest absolute Gasteiger partial charge is 0.137 e. The van der Waals surface area contributed by atoms with Gasteiger partial charge in [-0.25, -0.2) is 4.39 Å². The van der Waals surface area contributed by atoms with E-state index >= 15 is 0 Å². The third kappa shape index (κ3) is 4.96. The summed E-state index contributed by atoms with van der Waals surface area (Å²) < 4.78 is 19.4. The van der Waals surface area contributed by atoms with Gasteiger partial charge in [0.25, 0.3) is 0 Å². The van der Waals surface area contributed by atoms with Crippen LogP contribution in [0, 0.1) is 5.82 Å². The first-order valence-corrected chi connectivity index (χ1v) is 8.76. The third-order valence-corrected chi connectivity index (χ3v) is 4.37. The number of rotatable bonds is 8. The van der Waals surface area contributed by atoms with Crippen molar-refractivity contribution < 1.29 is 14.2 Å². The summed E-state index contributed by atoms with van der Waals surface area (Å²) in [5, 5.41) is 12.3. The highest BCUT2D eigenvalue weighted by atomic mass is 32.2. The van der Waals surface area contributed by atoms with Gasteiger partial charge in [-0.1, -0.05) is 24.3 Å². The van der Waals surface area contributed by atoms with Crippen LogP contribution in [-0.2, 0) is 6.54 Å². The molecule has 0 saturated heterocycles. The second-order valence-electron chi connectivity index (χ2n) is 5.18. The van der Waals surface area contributed by atoms with Gasteiger partial charge in [0.05, 0.1) is 6.61 Å². The summed E-state index contributed by atoms with van der Waals surface area (Å²) in [6.07, 6.45) is 1.86. The first-order chi connectivity index (χ1) is 11.2. The fourth-order valence-electron chi connectivity index (χ4n) is 2.28. The van der Waals surface area contributed by atoms with Crippen LogP contribution >= 0.6 is 11.8 Å². The summed E-state index contributed by atoms with van der Waals surface area (Å²) >= 11 is 1.40. The average Bonchev–Trinajstić information content (AvgIpc) is 2.58. The number of benzene rings is 2. The summed E-state index contributed by atoms with van der Waals surface area (Å²) in [7, 11) is 0. The van der Waals surface area contributed by atoms with E-state index in [4.69, 9.17) is 9.84 Å². The Balaban J connectivity index is 2.01. The highest BCUT2D eigenvalue weighted by Crippen LogP contribution is 2.24. The summed E-state index contributed by atoms with van der Waals surface area (Å²) in [4.78, 5) is 0.656. The maximum Gasteiger partial charge on any atom is 0.137 e. The van der Waals surface area contributed by atoms with Crippen molar-refractivity contribution in [1.29, 1.82) is 0 Å².